The van der Waals surface area contributed by atoms with E-state index in [1.807, 2.05) is 12.1 Å². The van der Waals surface area contributed by atoms with Gasteiger partial charge in [-0.15, -0.1) is 0 Å². The summed E-state index contributed by atoms with van der Waals surface area (Å²) in [5.74, 6) is 0.263. The summed E-state index contributed by atoms with van der Waals surface area (Å²) < 4.78 is 5.20. The second kappa shape index (κ2) is 4.00. The van der Waals surface area contributed by atoms with Crippen LogP contribution in [0, 0.1) is 10.1 Å². The fraction of sp³-hybridized carbons (Fsp3) is 0.200. The maximum atomic E-state index is 10.6. The highest BCUT2D eigenvalue weighted by Crippen LogP contribution is 2.23. The van der Waals surface area contributed by atoms with Crippen LogP contribution in [0.25, 0.3) is 0 Å². The maximum absolute atomic E-state index is 10.6. The Hall–Kier alpha value is -2.04. The Kier molecular flexibility index (Phi) is 2.53. The molecule has 1 atom stereocenters. The molecule has 1 N–H and O–H groups in total. The SMILES string of the molecule is O=[N+]([O-])C[C@H](c1ccc[nH]1)c1ccco1. The monoisotopic (exact) mass is 206 g/mol. The van der Waals surface area contributed by atoms with Gasteiger partial charge < -0.3 is 9.40 Å². The van der Waals surface area contributed by atoms with E-state index in [0.29, 0.717) is 5.76 Å². The summed E-state index contributed by atoms with van der Waals surface area (Å²) in [7, 11) is 0. The zero-order valence-corrected chi connectivity index (χ0v) is 7.92. The summed E-state index contributed by atoms with van der Waals surface area (Å²) in [6.07, 6.45) is 3.26. The maximum Gasteiger partial charge on any atom is 0.219 e. The number of H-pyrrole nitrogens is 1. The molecule has 0 fully saturated rings. The lowest BCUT2D eigenvalue weighted by Crippen LogP contribution is -2.13. The molecule has 15 heavy (non-hydrogen) atoms. The highest BCUT2D eigenvalue weighted by atomic mass is 16.6. The second-order valence-corrected chi connectivity index (χ2v) is 3.21. The molecule has 2 heterocycles. The molecule has 0 amide bonds. The van der Waals surface area contributed by atoms with Gasteiger partial charge in [0.05, 0.1) is 6.26 Å². The zero-order valence-electron chi connectivity index (χ0n) is 7.92. The lowest BCUT2D eigenvalue weighted by Gasteiger charge is -2.07. The van der Waals surface area contributed by atoms with Crippen LogP contribution in [-0.4, -0.2) is 16.5 Å². The van der Waals surface area contributed by atoms with Gasteiger partial charge in [-0.1, -0.05) is 0 Å². The van der Waals surface area contributed by atoms with Gasteiger partial charge in [0.1, 0.15) is 11.7 Å². The van der Waals surface area contributed by atoms with E-state index in [2.05, 4.69) is 4.98 Å². The van der Waals surface area contributed by atoms with Crippen LogP contribution in [-0.2, 0) is 0 Å². The Morgan fingerprint density at radius 2 is 2.33 bits per heavy atom. The minimum atomic E-state index is -0.343. The summed E-state index contributed by atoms with van der Waals surface area (Å²) in [5.41, 5.74) is 0.793. The molecule has 78 valence electrons. The molecule has 5 heteroatoms. The number of hydrogen-bond donors (Lipinski definition) is 1. The van der Waals surface area contributed by atoms with Crippen molar-refractivity contribution in [2.24, 2.45) is 0 Å². The zero-order chi connectivity index (χ0) is 10.7. The van der Waals surface area contributed by atoms with Crippen LogP contribution in [0.15, 0.2) is 41.1 Å². The first-order valence-corrected chi connectivity index (χ1v) is 4.56. The molecule has 0 saturated heterocycles. The van der Waals surface area contributed by atoms with Crippen molar-refractivity contribution >= 4 is 0 Å². The summed E-state index contributed by atoms with van der Waals surface area (Å²) in [6.45, 7) is -0.173. The van der Waals surface area contributed by atoms with Gasteiger partial charge in [0.2, 0.25) is 6.54 Å². The molecule has 5 nitrogen and oxygen atoms in total. The van der Waals surface area contributed by atoms with E-state index < -0.39 is 0 Å². The first-order valence-electron chi connectivity index (χ1n) is 4.56. The number of aromatic amines is 1. The van der Waals surface area contributed by atoms with E-state index in [4.69, 9.17) is 4.42 Å². The van der Waals surface area contributed by atoms with Gasteiger partial charge in [0.25, 0.3) is 0 Å². The van der Waals surface area contributed by atoms with Crippen LogP contribution >= 0.6 is 0 Å². The molecule has 2 aromatic rings. The average Bonchev–Trinajstić information content (AvgIpc) is 2.87. The Labute approximate surface area is 85.9 Å². The number of nitrogens with zero attached hydrogens (tertiary/aromatic N) is 1. The quantitative estimate of drug-likeness (QED) is 0.614. The van der Waals surface area contributed by atoms with E-state index >= 15 is 0 Å². The molecule has 2 aromatic heterocycles. The third-order valence-corrected chi connectivity index (χ3v) is 2.22. The number of furan rings is 1. The number of hydrogen-bond acceptors (Lipinski definition) is 3. The van der Waals surface area contributed by atoms with Crippen molar-refractivity contribution in [3.8, 4) is 0 Å². The van der Waals surface area contributed by atoms with E-state index in [1.165, 1.54) is 6.26 Å². The molecule has 0 aromatic carbocycles. The van der Waals surface area contributed by atoms with Gasteiger partial charge in [-0.2, -0.15) is 0 Å². The molecule has 0 aliphatic heterocycles. The summed E-state index contributed by atoms with van der Waals surface area (Å²) >= 11 is 0. The highest BCUT2D eigenvalue weighted by Gasteiger charge is 2.23. The van der Waals surface area contributed by atoms with Crippen molar-refractivity contribution < 1.29 is 9.34 Å². The molecule has 0 unspecified atom stereocenters. The smallest absolute Gasteiger partial charge is 0.219 e. The van der Waals surface area contributed by atoms with Crippen molar-refractivity contribution in [3.63, 3.8) is 0 Å². The minimum Gasteiger partial charge on any atom is -0.468 e. The Balaban J connectivity index is 2.29. The van der Waals surface area contributed by atoms with Crippen LogP contribution in [0.4, 0.5) is 0 Å². The lowest BCUT2D eigenvalue weighted by atomic mass is 10.0. The number of aromatic nitrogens is 1. The molecule has 0 bridgehead atoms. The fourth-order valence-electron chi connectivity index (χ4n) is 1.54. The van der Waals surface area contributed by atoms with Gasteiger partial charge in [-0.3, -0.25) is 10.1 Å². The summed E-state index contributed by atoms with van der Waals surface area (Å²) in [5, 5.41) is 10.6. The first-order chi connectivity index (χ1) is 7.27. The van der Waals surface area contributed by atoms with Crippen molar-refractivity contribution in [2.45, 2.75) is 5.92 Å². The number of rotatable bonds is 4. The third-order valence-electron chi connectivity index (χ3n) is 2.22. The third kappa shape index (κ3) is 2.07. The topological polar surface area (TPSA) is 72.1 Å². The fourth-order valence-corrected chi connectivity index (χ4v) is 1.54. The van der Waals surface area contributed by atoms with Crippen LogP contribution in [0.3, 0.4) is 0 Å². The van der Waals surface area contributed by atoms with Crippen molar-refractivity contribution in [3.05, 3.63) is 58.3 Å². The van der Waals surface area contributed by atoms with Gasteiger partial charge in [0.15, 0.2) is 0 Å². The summed E-state index contributed by atoms with van der Waals surface area (Å²) in [6, 6.07) is 7.10. The van der Waals surface area contributed by atoms with Crippen LogP contribution in [0.5, 0.6) is 0 Å². The molecule has 0 aliphatic carbocycles. The van der Waals surface area contributed by atoms with Crippen LogP contribution < -0.4 is 0 Å². The van der Waals surface area contributed by atoms with Crippen molar-refractivity contribution in [1.29, 1.82) is 0 Å². The van der Waals surface area contributed by atoms with E-state index in [-0.39, 0.29) is 17.4 Å². The predicted molar refractivity (Wildman–Crippen MR) is 53.2 cm³/mol. The Morgan fingerprint density at radius 3 is 2.87 bits per heavy atom. The molecule has 0 aliphatic rings. The van der Waals surface area contributed by atoms with Crippen molar-refractivity contribution in [2.75, 3.05) is 6.54 Å². The molecule has 0 radical (unpaired) electrons. The molecular formula is C10H10N2O3. The summed E-state index contributed by atoms with van der Waals surface area (Å²) in [4.78, 5) is 13.2. The minimum absolute atomic E-state index is 0.173. The molecule has 2 rings (SSSR count). The van der Waals surface area contributed by atoms with Crippen LogP contribution in [0.2, 0.25) is 0 Å². The van der Waals surface area contributed by atoms with E-state index in [1.54, 1.807) is 18.3 Å². The van der Waals surface area contributed by atoms with Gasteiger partial charge in [-0.05, 0) is 24.3 Å². The standard InChI is InChI=1S/C10H10N2O3/c13-12(14)7-8(9-3-1-5-11-9)10-4-2-6-15-10/h1-6,8,11H,7H2/t8-/m1/s1. The predicted octanol–water partition coefficient (Wildman–Crippen LogP) is 2.02. The van der Waals surface area contributed by atoms with Gasteiger partial charge in [-0.25, -0.2) is 0 Å². The average molecular weight is 206 g/mol. The number of nitro groups is 1. The van der Waals surface area contributed by atoms with E-state index in [0.717, 1.165) is 5.69 Å². The first kappa shape index (κ1) is 9.51. The lowest BCUT2D eigenvalue weighted by molar-refractivity contribution is -0.482. The van der Waals surface area contributed by atoms with Gasteiger partial charge >= 0.3 is 0 Å². The number of nitrogens with one attached hydrogen (secondary N) is 1. The Bertz CT molecular complexity index is 385. The Morgan fingerprint density at radius 1 is 1.47 bits per heavy atom. The van der Waals surface area contributed by atoms with Crippen LogP contribution in [0.1, 0.15) is 17.4 Å². The normalized spacial score (nSPS) is 12.5. The highest BCUT2D eigenvalue weighted by molar-refractivity contribution is 5.21. The molecule has 0 spiro atoms. The second-order valence-electron chi connectivity index (χ2n) is 3.21. The molecule has 0 saturated carbocycles. The molecular weight excluding hydrogens is 196 g/mol. The van der Waals surface area contributed by atoms with Crippen molar-refractivity contribution in [1.82, 2.24) is 4.98 Å². The largest absolute Gasteiger partial charge is 0.468 e. The van der Waals surface area contributed by atoms with E-state index in [9.17, 15) is 10.1 Å². The van der Waals surface area contributed by atoms with Gasteiger partial charge in [0, 0.05) is 16.8 Å².